The summed E-state index contributed by atoms with van der Waals surface area (Å²) in [7, 11) is 0. The van der Waals surface area contributed by atoms with Gasteiger partial charge in [-0.25, -0.2) is 15.0 Å². The van der Waals surface area contributed by atoms with Crippen molar-refractivity contribution in [1.82, 2.24) is 20.3 Å². The van der Waals surface area contributed by atoms with E-state index in [4.69, 9.17) is 4.42 Å². The molecule has 6 nitrogen and oxygen atoms in total. The highest BCUT2D eigenvalue weighted by Crippen LogP contribution is 2.17. The van der Waals surface area contributed by atoms with Crippen LogP contribution in [0.4, 0.5) is 0 Å². The van der Waals surface area contributed by atoms with Crippen molar-refractivity contribution in [2.45, 2.75) is 20.3 Å². The van der Waals surface area contributed by atoms with Crippen LogP contribution in [-0.2, 0) is 6.42 Å². The molecule has 1 N–H and O–H groups in total. The van der Waals surface area contributed by atoms with Crippen molar-refractivity contribution < 1.29 is 9.21 Å². The SMILES string of the molecule is Cc1ncc(C(=O)NCCc2coc(-c3ccccc3)n2)c(C)n1. The molecule has 24 heavy (non-hydrogen) atoms. The second kappa shape index (κ2) is 7.04. The van der Waals surface area contributed by atoms with Gasteiger partial charge >= 0.3 is 0 Å². The molecule has 0 spiro atoms. The van der Waals surface area contributed by atoms with Gasteiger partial charge < -0.3 is 9.73 Å². The fourth-order valence-electron chi connectivity index (χ4n) is 2.34. The predicted molar refractivity (Wildman–Crippen MR) is 89.5 cm³/mol. The van der Waals surface area contributed by atoms with E-state index in [-0.39, 0.29) is 5.91 Å². The Morgan fingerprint density at radius 3 is 2.71 bits per heavy atom. The van der Waals surface area contributed by atoms with Crippen molar-refractivity contribution in [1.29, 1.82) is 0 Å². The van der Waals surface area contributed by atoms with Crippen molar-refractivity contribution in [3.63, 3.8) is 0 Å². The lowest BCUT2D eigenvalue weighted by Crippen LogP contribution is -2.27. The van der Waals surface area contributed by atoms with Crippen LogP contribution in [0, 0.1) is 13.8 Å². The lowest BCUT2D eigenvalue weighted by molar-refractivity contribution is 0.0952. The van der Waals surface area contributed by atoms with Gasteiger partial charge in [-0.05, 0) is 26.0 Å². The highest BCUT2D eigenvalue weighted by Gasteiger charge is 2.11. The molecule has 0 unspecified atom stereocenters. The number of rotatable bonds is 5. The van der Waals surface area contributed by atoms with Crippen LogP contribution in [0.3, 0.4) is 0 Å². The van der Waals surface area contributed by atoms with Crippen molar-refractivity contribution in [2.24, 2.45) is 0 Å². The first-order valence-corrected chi connectivity index (χ1v) is 7.72. The first-order valence-electron chi connectivity index (χ1n) is 7.72. The third-order valence-electron chi connectivity index (χ3n) is 3.58. The van der Waals surface area contributed by atoms with Crippen LogP contribution in [0.15, 0.2) is 47.2 Å². The average molecular weight is 322 g/mol. The number of nitrogens with zero attached hydrogens (tertiary/aromatic N) is 3. The van der Waals surface area contributed by atoms with E-state index in [1.807, 2.05) is 30.3 Å². The Hall–Kier alpha value is -3.02. The molecule has 0 radical (unpaired) electrons. The van der Waals surface area contributed by atoms with Crippen LogP contribution in [0.2, 0.25) is 0 Å². The number of carbonyl (C=O) groups is 1. The van der Waals surface area contributed by atoms with Crippen LogP contribution >= 0.6 is 0 Å². The van der Waals surface area contributed by atoms with Gasteiger partial charge in [0.25, 0.3) is 5.91 Å². The molecule has 3 aromatic rings. The number of amides is 1. The molecular formula is C18H18N4O2. The summed E-state index contributed by atoms with van der Waals surface area (Å²) in [6, 6.07) is 9.70. The molecule has 122 valence electrons. The zero-order valence-corrected chi connectivity index (χ0v) is 13.6. The Morgan fingerprint density at radius 2 is 1.96 bits per heavy atom. The normalized spacial score (nSPS) is 10.6. The maximum absolute atomic E-state index is 12.2. The molecule has 3 rings (SSSR count). The lowest BCUT2D eigenvalue weighted by Gasteiger charge is -2.06. The lowest BCUT2D eigenvalue weighted by atomic mass is 10.2. The highest BCUT2D eigenvalue weighted by atomic mass is 16.3. The monoisotopic (exact) mass is 322 g/mol. The summed E-state index contributed by atoms with van der Waals surface area (Å²) in [4.78, 5) is 24.9. The minimum atomic E-state index is -0.181. The Morgan fingerprint density at radius 1 is 1.17 bits per heavy atom. The Bertz CT molecular complexity index is 843. The first-order chi connectivity index (χ1) is 11.6. The summed E-state index contributed by atoms with van der Waals surface area (Å²) in [6.07, 6.45) is 3.76. The largest absolute Gasteiger partial charge is 0.444 e. The molecule has 0 saturated heterocycles. The van der Waals surface area contributed by atoms with Crippen LogP contribution in [0.1, 0.15) is 27.6 Å². The number of oxazole rings is 1. The minimum Gasteiger partial charge on any atom is -0.444 e. The Kier molecular flexibility index (Phi) is 4.65. The van der Waals surface area contributed by atoms with E-state index in [2.05, 4.69) is 20.3 Å². The van der Waals surface area contributed by atoms with E-state index < -0.39 is 0 Å². The molecule has 2 aromatic heterocycles. The zero-order chi connectivity index (χ0) is 16.9. The number of nitrogens with one attached hydrogen (secondary N) is 1. The summed E-state index contributed by atoms with van der Waals surface area (Å²) < 4.78 is 5.48. The molecule has 0 fully saturated rings. The third kappa shape index (κ3) is 3.65. The van der Waals surface area contributed by atoms with E-state index in [9.17, 15) is 4.79 Å². The summed E-state index contributed by atoms with van der Waals surface area (Å²) in [5.41, 5.74) is 2.89. The molecule has 0 aliphatic rings. The van der Waals surface area contributed by atoms with Crippen molar-refractivity contribution in [3.05, 3.63) is 65.6 Å². The third-order valence-corrected chi connectivity index (χ3v) is 3.58. The molecule has 1 aromatic carbocycles. The quantitative estimate of drug-likeness (QED) is 0.781. The maximum Gasteiger partial charge on any atom is 0.254 e. The van der Waals surface area contributed by atoms with Gasteiger partial charge in [0.15, 0.2) is 0 Å². The van der Waals surface area contributed by atoms with Crippen LogP contribution in [0.25, 0.3) is 11.5 Å². The maximum atomic E-state index is 12.2. The molecule has 6 heteroatoms. The summed E-state index contributed by atoms with van der Waals surface area (Å²) >= 11 is 0. The van der Waals surface area contributed by atoms with E-state index in [1.165, 1.54) is 0 Å². The second-order valence-electron chi connectivity index (χ2n) is 5.43. The standard InChI is InChI=1S/C18H18N4O2/c1-12-16(10-20-13(2)21-12)17(23)19-9-8-15-11-24-18(22-15)14-6-4-3-5-7-14/h3-7,10-11H,8-9H2,1-2H3,(H,19,23). The Balaban J connectivity index is 1.57. The molecular weight excluding hydrogens is 304 g/mol. The van der Waals surface area contributed by atoms with Gasteiger partial charge in [-0.3, -0.25) is 4.79 Å². The van der Waals surface area contributed by atoms with Crippen LogP contribution in [-0.4, -0.2) is 27.4 Å². The van der Waals surface area contributed by atoms with E-state index >= 15 is 0 Å². The summed E-state index contributed by atoms with van der Waals surface area (Å²) in [5.74, 6) is 1.05. The summed E-state index contributed by atoms with van der Waals surface area (Å²) in [5, 5.41) is 2.86. The second-order valence-corrected chi connectivity index (χ2v) is 5.43. The Labute approximate surface area is 140 Å². The zero-order valence-electron chi connectivity index (χ0n) is 13.6. The topological polar surface area (TPSA) is 80.9 Å². The fourth-order valence-corrected chi connectivity index (χ4v) is 2.34. The van der Waals surface area contributed by atoms with E-state index in [0.717, 1.165) is 11.3 Å². The van der Waals surface area contributed by atoms with Crippen molar-refractivity contribution in [3.8, 4) is 11.5 Å². The smallest absolute Gasteiger partial charge is 0.254 e. The highest BCUT2D eigenvalue weighted by molar-refractivity contribution is 5.94. The minimum absolute atomic E-state index is 0.181. The average Bonchev–Trinajstić information content (AvgIpc) is 3.04. The fraction of sp³-hybridized carbons (Fsp3) is 0.222. The van der Waals surface area contributed by atoms with Gasteiger partial charge in [-0.15, -0.1) is 0 Å². The number of aromatic nitrogens is 3. The van der Waals surface area contributed by atoms with Gasteiger partial charge in [0, 0.05) is 24.7 Å². The first kappa shape index (κ1) is 15.9. The molecule has 0 aliphatic heterocycles. The van der Waals surface area contributed by atoms with Gasteiger partial charge in [-0.1, -0.05) is 18.2 Å². The van der Waals surface area contributed by atoms with E-state index in [0.29, 0.717) is 35.9 Å². The van der Waals surface area contributed by atoms with E-state index in [1.54, 1.807) is 26.3 Å². The molecule has 0 aliphatic carbocycles. The predicted octanol–water partition coefficient (Wildman–Crippen LogP) is 2.72. The van der Waals surface area contributed by atoms with Gasteiger partial charge in [-0.2, -0.15) is 0 Å². The molecule has 0 atom stereocenters. The van der Waals surface area contributed by atoms with Crippen LogP contribution in [0.5, 0.6) is 0 Å². The summed E-state index contributed by atoms with van der Waals surface area (Å²) in [6.45, 7) is 4.06. The van der Waals surface area contributed by atoms with Crippen molar-refractivity contribution in [2.75, 3.05) is 6.54 Å². The number of benzene rings is 1. The molecule has 2 heterocycles. The van der Waals surface area contributed by atoms with Gasteiger partial charge in [0.05, 0.1) is 17.0 Å². The molecule has 1 amide bonds. The number of aryl methyl sites for hydroxylation is 2. The number of carbonyl (C=O) groups excluding carboxylic acids is 1. The van der Waals surface area contributed by atoms with Gasteiger partial charge in [0.2, 0.25) is 5.89 Å². The van der Waals surface area contributed by atoms with Gasteiger partial charge in [0.1, 0.15) is 12.1 Å². The molecule has 0 bridgehead atoms. The number of hydrogen-bond acceptors (Lipinski definition) is 5. The number of hydrogen-bond donors (Lipinski definition) is 1. The van der Waals surface area contributed by atoms with Crippen LogP contribution < -0.4 is 5.32 Å². The molecule has 0 saturated carbocycles. The van der Waals surface area contributed by atoms with Crippen molar-refractivity contribution >= 4 is 5.91 Å².